The Morgan fingerprint density at radius 1 is 1.31 bits per heavy atom. The molecule has 3 rings (SSSR count). The summed E-state index contributed by atoms with van der Waals surface area (Å²) in [7, 11) is 2.92. The Labute approximate surface area is 182 Å². The van der Waals surface area contributed by atoms with E-state index < -0.39 is 30.0 Å². The number of methoxy groups -OCH3 is 1. The first-order valence-electron chi connectivity index (χ1n) is 9.99. The van der Waals surface area contributed by atoms with Crippen LogP contribution in [0.2, 0.25) is 0 Å². The normalized spacial score (nSPS) is 15.8. The zero-order valence-corrected chi connectivity index (χ0v) is 17.7. The van der Waals surface area contributed by atoms with Crippen LogP contribution in [0.3, 0.4) is 0 Å². The molecule has 2 aromatic rings. The molecule has 2 heterocycles. The van der Waals surface area contributed by atoms with Gasteiger partial charge >= 0.3 is 12.3 Å². The molecule has 1 aliphatic rings. The van der Waals surface area contributed by atoms with Crippen molar-refractivity contribution < 1.29 is 37.0 Å². The van der Waals surface area contributed by atoms with E-state index in [2.05, 4.69) is 9.72 Å². The summed E-state index contributed by atoms with van der Waals surface area (Å²) in [5, 5.41) is 0. The Bertz CT molecular complexity index is 941. The van der Waals surface area contributed by atoms with E-state index in [1.807, 2.05) is 0 Å². The van der Waals surface area contributed by atoms with Crippen molar-refractivity contribution in [3.05, 3.63) is 48.0 Å². The molecule has 0 unspecified atom stereocenters. The first kappa shape index (κ1) is 23.6. The molecule has 174 valence electrons. The third-order valence-electron chi connectivity index (χ3n) is 5.11. The van der Waals surface area contributed by atoms with Gasteiger partial charge in [0.15, 0.2) is 0 Å². The maximum absolute atomic E-state index is 13.4. The van der Waals surface area contributed by atoms with Gasteiger partial charge in [0.1, 0.15) is 17.5 Å². The van der Waals surface area contributed by atoms with Gasteiger partial charge in [-0.3, -0.25) is 4.79 Å². The number of carbonyl (C=O) groups excluding carboxylic acids is 2. The largest absolute Gasteiger partial charge is 0.573 e. The molecule has 1 atom stereocenters. The van der Waals surface area contributed by atoms with Crippen LogP contribution in [0.15, 0.2) is 36.8 Å². The fraction of sp³-hybridized carbons (Fsp3) is 0.476. The highest BCUT2D eigenvalue weighted by Gasteiger charge is 2.38. The van der Waals surface area contributed by atoms with E-state index in [1.165, 1.54) is 36.5 Å². The monoisotopic (exact) mass is 455 g/mol. The average Bonchev–Trinajstić information content (AvgIpc) is 3.19. The number of imidazole rings is 1. The van der Waals surface area contributed by atoms with Crippen LogP contribution in [0.5, 0.6) is 5.75 Å². The van der Waals surface area contributed by atoms with Crippen LogP contribution in [-0.4, -0.2) is 65.1 Å². The minimum absolute atomic E-state index is 0.0579. The number of nitrogens with zero attached hydrogens (tertiary/aromatic N) is 3. The smallest absolute Gasteiger partial charge is 0.467 e. The van der Waals surface area contributed by atoms with Gasteiger partial charge < -0.3 is 23.7 Å². The SMILES string of the molecule is COC(=O)[C@H](Cc1cccc(OC(F)(F)F)c1)N(C(=O)c1cn(C)cn1)C1CCOCC1. The van der Waals surface area contributed by atoms with E-state index in [9.17, 15) is 22.8 Å². The number of hydrogen-bond acceptors (Lipinski definition) is 6. The second-order valence-electron chi connectivity index (χ2n) is 7.42. The van der Waals surface area contributed by atoms with Gasteiger partial charge in [-0.05, 0) is 30.5 Å². The highest BCUT2D eigenvalue weighted by atomic mass is 19.4. The zero-order chi connectivity index (χ0) is 23.3. The molecule has 1 aromatic carbocycles. The number of aromatic nitrogens is 2. The quantitative estimate of drug-likeness (QED) is 0.597. The summed E-state index contributed by atoms with van der Waals surface area (Å²) in [4.78, 5) is 31.7. The Morgan fingerprint density at radius 3 is 2.62 bits per heavy atom. The van der Waals surface area contributed by atoms with Gasteiger partial charge in [0.2, 0.25) is 0 Å². The number of halogens is 3. The molecule has 11 heteroatoms. The standard InChI is InChI=1S/C21H24F3N3O5/c1-26-12-17(25-13-26)19(28)27(15-6-8-31-9-7-15)18(20(29)30-2)11-14-4-3-5-16(10-14)32-21(22,23)24/h3-5,10,12-13,15,18H,6-9,11H2,1-2H3/t18-/m0/s1. The van der Waals surface area contributed by atoms with Gasteiger partial charge in [0, 0.05) is 38.9 Å². The Hall–Kier alpha value is -3.08. The number of esters is 1. The number of alkyl halides is 3. The van der Waals surface area contributed by atoms with E-state index >= 15 is 0 Å². The van der Waals surface area contributed by atoms with E-state index in [-0.39, 0.29) is 18.2 Å². The van der Waals surface area contributed by atoms with Crippen molar-refractivity contribution in [3.63, 3.8) is 0 Å². The van der Waals surface area contributed by atoms with Crippen molar-refractivity contribution in [3.8, 4) is 5.75 Å². The number of rotatable bonds is 7. The van der Waals surface area contributed by atoms with Gasteiger partial charge in [-0.15, -0.1) is 13.2 Å². The first-order valence-corrected chi connectivity index (χ1v) is 9.99. The van der Waals surface area contributed by atoms with Crippen molar-refractivity contribution in [1.82, 2.24) is 14.5 Å². The lowest BCUT2D eigenvalue weighted by Crippen LogP contribution is -2.53. The molecule has 1 aliphatic heterocycles. The third kappa shape index (κ3) is 6.00. The molecular formula is C21H24F3N3O5. The van der Waals surface area contributed by atoms with Crippen molar-refractivity contribution in [2.75, 3.05) is 20.3 Å². The third-order valence-corrected chi connectivity index (χ3v) is 5.11. The molecule has 0 radical (unpaired) electrons. The van der Waals surface area contributed by atoms with Gasteiger partial charge in [-0.25, -0.2) is 9.78 Å². The van der Waals surface area contributed by atoms with Gasteiger partial charge in [0.05, 0.1) is 13.4 Å². The predicted octanol–water partition coefficient (Wildman–Crippen LogP) is 2.72. The lowest BCUT2D eigenvalue weighted by Gasteiger charge is -2.38. The van der Waals surface area contributed by atoms with Crippen LogP contribution in [-0.2, 0) is 27.7 Å². The minimum Gasteiger partial charge on any atom is -0.467 e. The van der Waals surface area contributed by atoms with Crippen LogP contribution in [0, 0.1) is 0 Å². The summed E-state index contributed by atoms with van der Waals surface area (Å²) < 4.78 is 53.8. The minimum atomic E-state index is -4.84. The number of aryl methyl sites for hydroxylation is 1. The van der Waals surface area contributed by atoms with Crippen molar-refractivity contribution in [1.29, 1.82) is 0 Å². The second kappa shape index (κ2) is 10.0. The van der Waals surface area contributed by atoms with Crippen molar-refractivity contribution >= 4 is 11.9 Å². The zero-order valence-electron chi connectivity index (χ0n) is 17.7. The molecule has 1 amide bonds. The van der Waals surface area contributed by atoms with E-state index in [0.717, 1.165) is 0 Å². The maximum Gasteiger partial charge on any atom is 0.573 e. The van der Waals surface area contributed by atoms with E-state index in [1.54, 1.807) is 23.9 Å². The summed E-state index contributed by atoms with van der Waals surface area (Å²) in [5.74, 6) is -1.55. The van der Waals surface area contributed by atoms with Crippen LogP contribution in [0.4, 0.5) is 13.2 Å². The fourth-order valence-electron chi connectivity index (χ4n) is 3.70. The molecule has 0 spiro atoms. The van der Waals surface area contributed by atoms with Crippen LogP contribution in [0.25, 0.3) is 0 Å². The average molecular weight is 455 g/mol. The molecule has 0 N–H and O–H groups in total. The van der Waals surface area contributed by atoms with Crippen LogP contribution >= 0.6 is 0 Å². The number of benzene rings is 1. The van der Waals surface area contributed by atoms with E-state index in [4.69, 9.17) is 9.47 Å². The molecule has 8 nitrogen and oxygen atoms in total. The van der Waals surface area contributed by atoms with Gasteiger partial charge in [-0.1, -0.05) is 12.1 Å². The number of hydrogen-bond donors (Lipinski definition) is 0. The Balaban J connectivity index is 1.95. The molecule has 0 saturated carbocycles. The Morgan fingerprint density at radius 2 is 2.03 bits per heavy atom. The fourth-order valence-corrected chi connectivity index (χ4v) is 3.70. The van der Waals surface area contributed by atoms with Crippen LogP contribution < -0.4 is 4.74 Å². The maximum atomic E-state index is 13.4. The highest BCUT2D eigenvalue weighted by molar-refractivity contribution is 5.95. The molecular weight excluding hydrogens is 431 g/mol. The number of carbonyl (C=O) groups is 2. The summed E-state index contributed by atoms with van der Waals surface area (Å²) in [6.45, 7) is 0.832. The van der Waals surface area contributed by atoms with Crippen molar-refractivity contribution in [2.24, 2.45) is 7.05 Å². The topological polar surface area (TPSA) is 82.9 Å². The summed E-state index contributed by atoms with van der Waals surface area (Å²) in [6, 6.07) is 3.92. The first-order chi connectivity index (χ1) is 15.2. The molecule has 32 heavy (non-hydrogen) atoms. The molecule has 0 aliphatic carbocycles. The predicted molar refractivity (Wildman–Crippen MR) is 106 cm³/mol. The Kier molecular flexibility index (Phi) is 7.39. The molecule has 1 aromatic heterocycles. The van der Waals surface area contributed by atoms with Crippen LogP contribution in [0.1, 0.15) is 28.9 Å². The lowest BCUT2D eigenvalue weighted by atomic mass is 9.98. The number of ether oxygens (including phenoxy) is 3. The van der Waals surface area contributed by atoms with Crippen molar-refractivity contribution in [2.45, 2.75) is 37.7 Å². The molecule has 1 fully saturated rings. The van der Waals surface area contributed by atoms with E-state index in [0.29, 0.717) is 31.6 Å². The summed E-state index contributed by atoms with van der Waals surface area (Å²) in [6.07, 6.45) is -0.880. The lowest BCUT2D eigenvalue weighted by molar-refractivity contribution is -0.274. The number of amides is 1. The summed E-state index contributed by atoms with van der Waals surface area (Å²) in [5.41, 5.74) is 0.537. The highest BCUT2D eigenvalue weighted by Crippen LogP contribution is 2.26. The second-order valence-corrected chi connectivity index (χ2v) is 7.42. The van der Waals surface area contributed by atoms with Gasteiger partial charge in [-0.2, -0.15) is 0 Å². The molecule has 0 bridgehead atoms. The summed E-state index contributed by atoms with van der Waals surface area (Å²) >= 11 is 0. The van der Waals surface area contributed by atoms with Gasteiger partial charge in [0.25, 0.3) is 5.91 Å². The molecule has 1 saturated heterocycles.